The molecule has 0 fully saturated rings. The molecule has 19 heavy (non-hydrogen) atoms. The van der Waals surface area contributed by atoms with Crippen LogP contribution in [0.15, 0.2) is 18.2 Å². The third kappa shape index (κ3) is 4.05. The van der Waals surface area contributed by atoms with Crippen molar-refractivity contribution >= 4 is 11.7 Å². The number of hydrogen-bond donors (Lipinski definition) is 1. The van der Waals surface area contributed by atoms with Crippen molar-refractivity contribution in [3.63, 3.8) is 0 Å². The molecule has 1 aromatic carbocycles. The van der Waals surface area contributed by atoms with Crippen LogP contribution in [0.5, 0.6) is 11.5 Å². The second-order valence-electron chi connectivity index (χ2n) is 4.35. The molecule has 1 aromatic rings. The Morgan fingerprint density at radius 1 is 1.05 bits per heavy atom. The predicted octanol–water partition coefficient (Wildman–Crippen LogP) is 2.31. The van der Waals surface area contributed by atoms with Crippen molar-refractivity contribution in [2.24, 2.45) is 5.92 Å². The number of ether oxygens (including phenoxy) is 3. The summed E-state index contributed by atoms with van der Waals surface area (Å²) in [7, 11) is 4.58. The van der Waals surface area contributed by atoms with E-state index in [0.29, 0.717) is 11.5 Å². The molecule has 2 atom stereocenters. The minimum atomic E-state index is -0.248. The van der Waals surface area contributed by atoms with Gasteiger partial charge in [0.2, 0.25) is 0 Å². The summed E-state index contributed by atoms with van der Waals surface area (Å²) in [6.45, 7) is 3.74. The Hall–Kier alpha value is -1.91. The van der Waals surface area contributed by atoms with Gasteiger partial charge in [0.15, 0.2) is 0 Å². The predicted molar refractivity (Wildman–Crippen MR) is 73.8 cm³/mol. The molecule has 0 aromatic heterocycles. The summed E-state index contributed by atoms with van der Waals surface area (Å²) in [4.78, 5) is 11.5. The van der Waals surface area contributed by atoms with Gasteiger partial charge in [0.1, 0.15) is 11.5 Å². The molecule has 0 radical (unpaired) electrons. The van der Waals surface area contributed by atoms with Gasteiger partial charge in [-0.2, -0.15) is 0 Å². The van der Waals surface area contributed by atoms with E-state index in [1.807, 2.05) is 26.0 Å². The monoisotopic (exact) mass is 267 g/mol. The van der Waals surface area contributed by atoms with Crippen LogP contribution in [0.1, 0.15) is 13.8 Å². The molecule has 1 N–H and O–H groups in total. The van der Waals surface area contributed by atoms with Crippen molar-refractivity contribution in [1.82, 2.24) is 0 Å². The number of carbonyl (C=O) groups excluding carboxylic acids is 1. The van der Waals surface area contributed by atoms with E-state index in [2.05, 4.69) is 5.32 Å². The average Bonchev–Trinajstić information content (AvgIpc) is 2.44. The van der Waals surface area contributed by atoms with Gasteiger partial charge in [-0.05, 0) is 13.8 Å². The quantitative estimate of drug-likeness (QED) is 0.802. The average molecular weight is 267 g/mol. The highest BCUT2D eigenvalue weighted by molar-refractivity contribution is 5.73. The molecule has 0 spiro atoms. The summed E-state index contributed by atoms with van der Waals surface area (Å²) >= 11 is 0. The summed E-state index contributed by atoms with van der Waals surface area (Å²) in [5.41, 5.74) is 0.833. The van der Waals surface area contributed by atoms with Gasteiger partial charge in [-0.3, -0.25) is 4.79 Å². The highest BCUT2D eigenvalue weighted by atomic mass is 16.5. The fourth-order valence-corrected chi connectivity index (χ4v) is 1.67. The summed E-state index contributed by atoms with van der Waals surface area (Å²) in [5, 5.41) is 3.25. The minimum absolute atomic E-state index is 0.0655. The lowest BCUT2D eigenvalue weighted by atomic mass is 10.0. The van der Waals surface area contributed by atoms with Crippen molar-refractivity contribution in [3.05, 3.63) is 18.2 Å². The standard InChI is InChI=1S/C14H21NO4/c1-9(14(16)19-5)10(2)15-11-6-12(17-3)8-13(7-11)18-4/h6-10,15H,1-5H3. The fraction of sp³-hybridized carbons (Fsp3) is 0.500. The van der Waals surface area contributed by atoms with Gasteiger partial charge < -0.3 is 19.5 Å². The summed E-state index contributed by atoms with van der Waals surface area (Å²) in [6, 6.07) is 5.43. The van der Waals surface area contributed by atoms with E-state index in [0.717, 1.165) is 5.69 Å². The highest BCUT2D eigenvalue weighted by Crippen LogP contribution is 2.26. The first-order chi connectivity index (χ1) is 9.01. The van der Waals surface area contributed by atoms with Crippen LogP contribution in [0.4, 0.5) is 5.69 Å². The summed E-state index contributed by atoms with van der Waals surface area (Å²) < 4.78 is 15.1. The van der Waals surface area contributed by atoms with Crippen LogP contribution in [-0.2, 0) is 9.53 Å². The third-order valence-corrected chi connectivity index (χ3v) is 3.07. The van der Waals surface area contributed by atoms with E-state index in [1.165, 1.54) is 7.11 Å². The Labute approximate surface area is 113 Å². The molecule has 0 saturated carbocycles. The first kappa shape index (κ1) is 15.1. The number of anilines is 1. The smallest absolute Gasteiger partial charge is 0.310 e. The number of carbonyl (C=O) groups is 1. The van der Waals surface area contributed by atoms with Crippen LogP contribution < -0.4 is 14.8 Å². The molecule has 5 heteroatoms. The van der Waals surface area contributed by atoms with Crippen LogP contribution in [0.2, 0.25) is 0 Å². The van der Waals surface area contributed by atoms with Crippen molar-refractivity contribution in [3.8, 4) is 11.5 Å². The van der Waals surface area contributed by atoms with E-state index < -0.39 is 0 Å². The van der Waals surface area contributed by atoms with Crippen molar-refractivity contribution in [2.45, 2.75) is 19.9 Å². The zero-order chi connectivity index (χ0) is 14.4. The molecule has 0 saturated heterocycles. The normalized spacial score (nSPS) is 13.3. The Balaban J connectivity index is 2.83. The van der Waals surface area contributed by atoms with Crippen LogP contribution in [0, 0.1) is 5.92 Å². The topological polar surface area (TPSA) is 56.8 Å². The van der Waals surface area contributed by atoms with Crippen LogP contribution in [-0.4, -0.2) is 33.3 Å². The van der Waals surface area contributed by atoms with Crippen molar-refractivity contribution in [1.29, 1.82) is 0 Å². The SMILES string of the molecule is COC(=O)C(C)C(C)Nc1cc(OC)cc(OC)c1. The Bertz CT molecular complexity index is 411. The molecule has 0 bridgehead atoms. The van der Waals surface area contributed by atoms with Crippen molar-refractivity contribution < 1.29 is 19.0 Å². The minimum Gasteiger partial charge on any atom is -0.497 e. The lowest BCUT2D eigenvalue weighted by molar-refractivity contribution is -0.145. The van der Waals surface area contributed by atoms with Gasteiger partial charge in [0, 0.05) is 29.9 Å². The maximum atomic E-state index is 11.5. The van der Waals surface area contributed by atoms with Gasteiger partial charge in [0.25, 0.3) is 0 Å². The molecule has 2 unspecified atom stereocenters. The molecular formula is C14H21NO4. The molecular weight excluding hydrogens is 246 g/mol. The van der Waals surface area contributed by atoms with E-state index >= 15 is 0 Å². The second kappa shape index (κ2) is 6.87. The largest absolute Gasteiger partial charge is 0.497 e. The van der Waals surface area contributed by atoms with Gasteiger partial charge in [0.05, 0.1) is 27.2 Å². The molecule has 5 nitrogen and oxygen atoms in total. The number of hydrogen-bond acceptors (Lipinski definition) is 5. The van der Waals surface area contributed by atoms with Crippen LogP contribution in [0.3, 0.4) is 0 Å². The number of nitrogens with one attached hydrogen (secondary N) is 1. The zero-order valence-electron chi connectivity index (χ0n) is 12.0. The van der Waals surface area contributed by atoms with Gasteiger partial charge in [-0.1, -0.05) is 0 Å². The number of benzene rings is 1. The van der Waals surface area contributed by atoms with E-state index in [9.17, 15) is 4.79 Å². The van der Waals surface area contributed by atoms with Gasteiger partial charge in [-0.15, -0.1) is 0 Å². The molecule has 0 heterocycles. The summed E-state index contributed by atoms with van der Waals surface area (Å²) in [6.07, 6.45) is 0. The molecule has 106 valence electrons. The number of rotatable bonds is 6. The Morgan fingerprint density at radius 2 is 1.58 bits per heavy atom. The molecule has 0 aliphatic heterocycles. The maximum absolute atomic E-state index is 11.5. The number of methoxy groups -OCH3 is 3. The Morgan fingerprint density at radius 3 is 2.00 bits per heavy atom. The van der Waals surface area contributed by atoms with Crippen molar-refractivity contribution in [2.75, 3.05) is 26.6 Å². The lowest BCUT2D eigenvalue weighted by Gasteiger charge is -2.21. The van der Waals surface area contributed by atoms with E-state index in [4.69, 9.17) is 14.2 Å². The highest BCUT2D eigenvalue weighted by Gasteiger charge is 2.20. The van der Waals surface area contributed by atoms with Crippen LogP contribution in [0.25, 0.3) is 0 Å². The fourth-order valence-electron chi connectivity index (χ4n) is 1.67. The maximum Gasteiger partial charge on any atom is 0.310 e. The van der Waals surface area contributed by atoms with Gasteiger partial charge in [-0.25, -0.2) is 0 Å². The Kier molecular flexibility index (Phi) is 5.48. The zero-order valence-corrected chi connectivity index (χ0v) is 12.0. The first-order valence-electron chi connectivity index (χ1n) is 6.09. The second-order valence-corrected chi connectivity index (χ2v) is 4.35. The number of esters is 1. The third-order valence-electron chi connectivity index (χ3n) is 3.07. The molecule has 0 aliphatic carbocycles. The van der Waals surface area contributed by atoms with E-state index in [-0.39, 0.29) is 17.9 Å². The van der Waals surface area contributed by atoms with E-state index in [1.54, 1.807) is 20.3 Å². The van der Waals surface area contributed by atoms with Gasteiger partial charge >= 0.3 is 5.97 Å². The molecule has 0 aliphatic rings. The summed E-state index contributed by atoms with van der Waals surface area (Å²) in [5.74, 6) is 0.900. The molecule has 1 rings (SSSR count). The first-order valence-corrected chi connectivity index (χ1v) is 6.09. The lowest BCUT2D eigenvalue weighted by Crippen LogP contribution is -2.30. The van der Waals surface area contributed by atoms with Crippen LogP contribution >= 0.6 is 0 Å². The molecule has 0 amide bonds.